The van der Waals surface area contributed by atoms with Crippen molar-refractivity contribution in [2.24, 2.45) is 0 Å². The Labute approximate surface area is 195 Å². The molecule has 0 bridgehead atoms. The molecule has 0 N–H and O–H groups in total. The van der Waals surface area contributed by atoms with Crippen LogP contribution in [0.5, 0.6) is 5.75 Å². The quantitative estimate of drug-likeness (QED) is 0.342. The van der Waals surface area contributed by atoms with Gasteiger partial charge in [0.15, 0.2) is 0 Å². The standard InChI is InChI=1S/C23H23N3O6S/c1-16-2-5-18(6-3-16)32-13-10-25-22(27)21(33-23(25)28)15-17-4-7-19(20(14-17)26(29)30)24-8-11-31-12-9-24/h2-7,14-15H,8-13H2,1H3/b21-15-. The second-order valence-corrected chi connectivity index (χ2v) is 8.59. The van der Waals surface area contributed by atoms with E-state index in [9.17, 15) is 19.7 Å². The van der Waals surface area contributed by atoms with Crippen LogP contribution in [0.2, 0.25) is 0 Å². The zero-order valence-electron chi connectivity index (χ0n) is 18.1. The maximum absolute atomic E-state index is 12.7. The average Bonchev–Trinajstić information content (AvgIpc) is 3.08. The Bertz CT molecular complexity index is 1100. The monoisotopic (exact) mass is 469 g/mol. The van der Waals surface area contributed by atoms with E-state index >= 15 is 0 Å². The second kappa shape index (κ2) is 10.1. The third-order valence-electron chi connectivity index (χ3n) is 5.32. The molecule has 2 aromatic carbocycles. The first kappa shape index (κ1) is 22.8. The second-order valence-electron chi connectivity index (χ2n) is 7.60. The maximum atomic E-state index is 12.7. The van der Waals surface area contributed by atoms with Crippen LogP contribution in [0.1, 0.15) is 11.1 Å². The Morgan fingerprint density at radius 3 is 2.58 bits per heavy atom. The number of anilines is 1. The third-order valence-corrected chi connectivity index (χ3v) is 6.23. The molecule has 2 heterocycles. The van der Waals surface area contributed by atoms with Crippen LogP contribution in [-0.4, -0.2) is 60.4 Å². The number of imide groups is 1. The predicted molar refractivity (Wildman–Crippen MR) is 125 cm³/mol. The number of benzene rings is 2. The fourth-order valence-electron chi connectivity index (χ4n) is 3.58. The number of rotatable bonds is 7. The van der Waals surface area contributed by atoms with Crippen LogP contribution >= 0.6 is 11.8 Å². The number of ether oxygens (including phenoxy) is 2. The number of amides is 2. The van der Waals surface area contributed by atoms with E-state index in [1.807, 2.05) is 36.1 Å². The van der Waals surface area contributed by atoms with Gasteiger partial charge in [-0.15, -0.1) is 0 Å². The lowest BCUT2D eigenvalue weighted by molar-refractivity contribution is -0.384. The summed E-state index contributed by atoms with van der Waals surface area (Å²) in [4.78, 5) is 39.6. The summed E-state index contributed by atoms with van der Waals surface area (Å²) in [5.41, 5.74) is 2.06. The molecule has 0 aromatic heterocycles. The fraction of sp³-hybridized carbons (Fsp3) is 0.304. The largest absolute Gasteiger partial charge is 0.492 e. The van der Waals surface area contributed by atoms with Crippen LogP contribution in [0.15, 0.2) is 47.4 Å². The Morgan fingerprint density at radius 2 is 1.88 bits per heavy atom. The van der Waals surface area contributed by atoms with Crippen LogP contribution in [0, 0.1) is 17.0 Å². The number of carbonyl (C=O) groups excluding carboxylic acids is 2. The molecule has 0 unspecified atom stereocenters. The van der Waals surface area contributed by atoms with Gasteiger partial charge in [0, 0.05) is 19.2 Å². The van der Waals surface area contributed by atoms with Crippen molar-refractivity contribution in [2.75, 3.05) is 44.4 Å². The number of nitrogens with zero attached hydrogens (tertiary/aromatic N) is 3. The van der Waals surface area contributed by atoms with E-state index in [0.29, 0.717) is 43.3 Å². The van der Waals surface area contributed by atoms with Crippen LogP contribution in [0.4, 0.5) is 16.2 Å². The topological polar surface area (TPSA) is 102 Å². The van der Waals surface area contributed by atoms with Crippen LogP contribution in [0.25, 0.3) is 6.08 Å². The molecule has 0 aliphatic carbocycles. The van der Waals surface area contributed by atoms with Gasteiger partial charge in [-0.05, 0) is 48.5 Å². The van der Waals surface area contributed by atoms with E-state index in [0.717, 1.165) is 22.2 Å². The zero-order valence-corrected chi connectivity index (χ0v) is 18.9. The van der Waals surface area contributed by atoms with Crippen molar-refractivity contribution in [3.63, 3.8) is 0 Å². The van der Waals surface area contributed by atoms with Crippen molar-refractivity contribution in [1.29, 1.82) is 0 Å². The normalized spacial score (nSPS) is 17.7. The highest BCUT2D eigenvalue weighted by Crippen LogP contribution is 2.35. The van der Waals surface area contributed by atoms with Gasteiger partial charge in [-0.25, -0.2) is 0 Å². The number of nitro groups is 1. The minimum atomic E-state index is -0.434. The van der Waals surface area contributed by atoms with E-state index in [2.05, 4.69) is 0 Å². The molecule has 0 atom stereocenters. The summed E-state index contributed by atoms with van der Waals surface area (Å²) in [5, 5.41) is 11.3. The van der Waals surface area contributed by atoms with Crippen LogP contribution in [-0.2, 0) is 9.53 Å². The molecule has 2 aromatic rings. The highest BCUT2D eigenvalue weighted by Gasteiger charge is 2.35. The molecule has 0 saturated carbocycles. The smallest absolute Gasteiger partial charge is 0.293 e. The Hall–Kier alpha value is -3.37. The van der Waals surface area contributed by atoms with Crippen molar-refractivity contribution in [2.45, 2.75) is 6.92 Å². The molecule has 2 aliphatic heterocycles. The van der Waals surface area contributed by atoms with E-state index < -0.39 is 16.1 Å². The van der Waals surface area contributed by atoms with Gasteiger partial charge in [-0.3, -0.25) is 24.6 Å². The van der Waals surface area contributed by atoms with Gasteiger partial charge < -0.3 is 14.4 Å². The van der Waals surface area contributed by atoms with Gasteiger partial charge in [0.2, 0.25) is 0 Å². The molecule has 0 spiro atoms. The number of morpholine rings is 1. The lowest BCUT2D eigenvalue weighted by Gasteiger charge is -2.28. The summed E-state index contributed by atoms with van der Waals surface area (Å²) in [6.07, 6.45) is 1.52. The highest BCUT2D eigenvalue weighted by atomic mass is 32.2. The van der Waals surface area contributed by atoms with Crippen molar-refractivity contribution in [3.8, 4) is 5.75 Å². The van der Waals surface area contributed by atoms with E-state index in [4.69, 9.17) is 9.47 Å². The number of aryl methyl sites for hydroxylation is 1. The highest BCUT2D eigenvalue weighted by molar-refractivity contribution is 8.18. The van der Waals surface area contributed by atoms with Gasteiger partial charge in [-0.2, -0.15) is 0 Å². The third kappa shape index (κ3) is 5.35. The Balaban J connectivity index is 1.45. The zero-order chi connectivity index (χ0) is 23.4. The van der Waals surface area contributed by atoms with Crippen LogP contribution < -0.4 is 9.64 Å². The maximum Gasteiger partial charge on any atom is 0.293 e. The van der Waals surface area contributed by atoms with E-state index in [1.54, 1.807) is 12.1 Å². The van der Waals surface area contributed by atoms with E-state index in [1.165, 1.54) is 12.1 Å². The SMILES string of the molecule is Cc1ccc(OCCN2C(=O)S/C(=C\c3ccc(N4CCOCC4)c([N+](=O)[O-])c3)C2=O)cc1. The first-order valence-electron chi connectivity index (χ1n) is 10.5. The summed E-state index contributed by atoms with van der Waals surface area (Å²) < 4.78 is 10.9. The lowest BCUT2D eigenvalue weighted by Crippen LogP contribution is -2.36. The molecular weight excluding hydrogens is 446 g/mol. The summed E-state index contributed by atoms with van der Waals surface area (Å²) in [6, 6.07) is 12.3. The number of carbonyl (C=O) groups is 2. The summed E-state index contributed by atoms with van der Waals surface area (Å²) in [7, 11) is 0. The Kier molecular flexibility index (Phi) is 6.95. The molecule has 4 rings (SSSR count). The molecule has 2 fully saturated rings. The van der Waals surface area contributed by atoms with Crippen molar-refractivity contribution in [1.82, 2.24) is 4.90 Å². The first-order chi connectivity index (χ1) is 15.9. The minimum absolute atomic E-state index is 0.0450. The van der Waals surface area contributed by atoms with Crippen molar-refractivity contribution < 1.29 is 24.0 Å². The predicted octanol–water partition coefficient (Wildman–Crippen LogP) is 3.86. The molecule has 172 valence electrons. The molecule has 33 heavy (non-hydrogen) atoms. The first-order valence-corrected chi connectivity index (χ1v) is 11.3. The average molecular weight is 470 g/mol. The number of thioether (sulfide) groups is 1. The molecule has 10 heteroatoms. The van der Waals surface area contributed by atoms with Crippen molar-refractivity contribution in [3.05, 3.63) is 68.6 Å². The van der Waals surface area contributed by atoms with Gasteiger partial charge >= 0.3 is 0 Å². The van der Waals surface area contributed by atoms with E-state index in [-0.39, 0.29) is 23.7 Å². The van der Waals surface area contributed by atoms with Gasteiger partial charge in [0.05, 0.1) is 29.6 Å². The summed E-state index contributed by atoms with van der Waals surface area (Å²) >= 11 is 0.818. The molecule has 2 aliphatic rings. The number of hydrogen-bond donors (Lipinski definition) is 0. The van der Waals surface area contributed by atoms with Crippen molar-refractivity contribution >= 4 is 40.4 Å². The van der Waals surface area contributed by atoms with Crippen LogP contribution in [0.3, 0.4) is 0 Å². The Morgan fingerprint density at radius 1 is 1.15 bits per heavy atom. The van der Waals surface area contributed by atoms with Gasteiger partial charge in [-0.1, -0.05) is 23.8 Å². The minimum Gasteiger partial charge on any atom is -0.492 e. The molecule has 0 radical (unpaired) electrons. The molecule has 2 amide bonds. The molecule has 9 nitrogen and oxygen atoms in total. The number of hydrogen-bond acceptors (Lipinski definition) is 8. The summed E-state index contributed by atoms with van der Waals surface area (Å²) in [6.45, 7) is 4.44. The fourth-order valence-corrected chi connectivity index (χ4v) is 4.45. The molecular formula is C23H23N3O6S. The number of nitro benzene ring substituents is 1. The lowest BCUT2D eigenvalue weighted by atomic mass is 10.1. The summed E-state index contributed by atoms with van der Waals surface area (Å²) in [5.74, 6) is 0.230. The van der Waals surface area contributed by atoms with Gasteiger partial charge in [0.25, 0.3) is 16.8 Å². The van der Waals surface area contributed by atoms with Gasteiger partial charge in [0.1, 0.15) is 18.0 Å². The molecule has 2 saturated heterocycles.